The number of hydrogen-bond acceptors (Lipinski definition) is 5. The molecular weight excluding hydrogens is 432 g/mol. The lowest BCUT2D eigenvalue weighted by Gasteiger charge is -2.31. The zero-order valence-corrected chi connectivity index (χ0v) is 19.5. The molecule has 1 aliphatic heterocycles. The van der Waals surface area contributed by atoms with Crippen LogP contribution in [-0.2, 0) is 11.3 Å². The topological polar surface area (TPSA) is 78.1 Å². The van der Waals surface area contributed by atoms with E-state index in [2.05, 4.69) is 10.6 Å². The molecule has 0 saturated carbocycles. The number of methoxy groups -OCH3 is 2. The van der Waals surface area contributed by atoms with E-state index < -0.39 is 5.60 Å². The number of anilines is 2. The number of urea groups is 1. The number of benzene rings is 3. The maximum absolute atomic E-state index is 12.4. The molecule has 0 radical (unpaired) electrons. The summed E-state index contributed by atoms with van der Waals surface area (Å²) < 4.78 is 22.6. The Labute approximate surface area is 199 Å². The highest BCUT2D eigenvalue weighted by atomic mass is 16.5. The van der Waals surface area contributed by atoms with E-state index in [4.69, 9.17) is 18.9 Å². The predicted octanol–water partition coefficient (Wildman–Crippen LogP) is 5.73. The van der Waals surface area contributed by atoms with Gasteiger partial charge in [-0.05, 0) is 61.0 Å². The van der Waals surface area contributed by atoms with Gasteiger partial charge in [-0.25, -0.2) is 4.79 Å². The summed E-state index contributed by atoms with van der Waals surface area (Å²) in [6.45, 7) is 2.86. The summed E-state index contributed by atoms with van der Waals surface area (Å²) in [6, 6.07) is 20.2. The number of rotatable bonds is 8. The number of ether oxygens (including phenoxy) is 4. The Morgan fingerprint density at radius 3 is 2.53 bits per heavy atom. The third kappa shape index (κ3) is 5.68. The lowest BCUT2D eigenvalue weighted by molar-refractivity contribution is 0.00631. The molecule has 1 aliphatic rings. The summed E-state index contributed by atoms with van der Waals surface area (Å²) in [5.74, 6) is 2.14. The van der Waals surface area contributed by atoms with Gasteiger partial charge in [-0.1, -0.05) is 30.3 Å². The molecule has 3 aromatic carbocycles. The van der Waals surface area contributed by atoms with Gasteiger partial charge in [-0.2, -0.15) is 0 Å². The number of carbonyl (C=O) groups is 1. The fraction of sp³-hybridized carbons (Fsp3) is 0.222. The second kappa shape index (κ2) is 10.3. The number of para-hydroxylation sites is 2. The maximum Gasteiger partial charge on any atom is 0.323 e. The SMILES string of the molecule is COc1ccc(COCC2(C)C=Cc3cc(NC(=O)Nc4ccccc4OC)ccc3O2)cc1. The van der Waals surface area contributed by atoms with Crippen LogP contribution in [0.1, 0.15) is 18.1 Å². The minimum absolute atomic E-state index is 0.359. The third-order valence-electron chi connectivity index (χ3n) is 5.40. The molecule has 1 unspecified atom stereocenters. The first-order chi connectivity index (χ1) is 16.5. The molecule has 7 heteroatoms. The quantitative estimate of drug-likeness (QED) is 0.449. The zero-order valence-electron chi connectivity index (χ0n) is 19.5. The van der Waals surface area contributed by atoms with Crippen LogP contribution in [0.4, 0.5) is 16.2 Å². The lowest BCUT2D eigenvalue weighted by atomic mass is 10.0. The van der Waals surface area contributed by atoms with E-state index in [9.17, 15) is 4.79 Å². The van der Waals surface area contributed by atoms with Crippen molar-refractivity contribution in [3.8, 4) is 17.2 Å². The van der Waals surface area contributed by atoms with Gasteiger partial charge in [0.05, 0.1) is 33.1 Å². The molecule has 0 spiro atoms. The molecule has 34 heavy (non-hydrogen) atoms. The van der Waals surface area contributed by atoms with E-state index in [0.29, 0.717) is 30.3 Å². The molecule has 7 nitrogen and oxygen atoms in total. The van der Waals surface area contributed by atoms with Crippen LogP contribution < -0.4 is 24.8 Å². The molecule has 3 aromatic rings. The molecule has 0 aromatic heterocycles. The molecule has 176 valence electrons. The van der Waals surface area contributed by atoms with E-state index in [1.165, 1.54) is 0 Å². The summed E-state index contributed by atoms with van der Waals surface area (Å²) in [7, 11) is 3.21. The summed E-state index contributed by atoms with van der Waals surface area (Å²) >= 11 is 0. The van der Waals surface area contributed by atoms with Crippen molar-refractivity contribution in [3.05, 3.63) is 83.9 Å². The smallest absolute Gasteiger partial charge is 0.323 e. The fourth-order valence-corrected chi connectivity index (χ4v) is 3.60. The Hall–Kier alpha value is -3.97. The summed E-state index contributed by atoms with van der Waals surface area (Å²) in [6.07, 6.45) is 3.96. The van der Waals surface area contributed by atoms with Gasteiger partial charge in [-0.3, -0.25) is 0 Å². The molecule has 2 N–H and O–H groups in total. The number of carbonyl (C=O) groups excluding carboxylic acids is 1. The highest BCUT2D eigenvalue weighted by Gasteiger charge is 2.28. The van der Waals surface area contributed by atoms with Gasteiger partial charge in [0.15, 0.2) is 0 Å². The molecule has 1 atom stereocenters. The number of amides is 2. The Morgan fingerprint density at radius 2 is 1.76 bits per heavy atom. The van der Waals surface area contributed by atoms with Gasteiger partial charge in [0, 0.05) is 11.3 Å². The second-order valence-electron chi connectivity index (χ2n) is 8.12. The van der Waals surface area contributed by atoms with Crippen molar-refractivity contribution in [2.24, 2.45) is 0 Å². The number of hydrogen-bond donors (Lipinski definition) is 2. The van der Waals surface area contributed by atoms with Crippen molar-refractivity contribution in [3.63, 3.8) is 0 Å². The van der Waals surface area contributed by atoms with Gasteiger partial charge in [0.2, 0.25) is 0 Å². The van der Waals surface area contributed by atoms with Crippen molar-refractivity contribution in [1.29, 1.82) is 0 Å². The van der Waals surface area contributed by atoms with E-state index in [0.717, 1.165) is 22.6 Å². The van der Waals surface area contributed by atoms with Crippen molar-refractivity contribution in [1.82, 2.24) is 0 Å². The molecular formula is C27H28N2O5. The largest absolute Gasteiger partial charge is 0.497 e. The first-order valence-electron chi connectivity index (χ1n) is 10.9. The molecule has 4 rings (SSSR count). The molecule has 2 amide bonds. The standard InChI is InChI=1S/C27H28N2O5/c1-27(18-33-17-19-8-11-22(31-2)12-9-19)15-14-20-16-21(10-13-24(20)34-27)28-26(30)29-23-6-4-5-7-25(23)32-3/h4-16H,17-18H2,1-3H3,(H2,28,29,30). The van der Waals surface area contributed by atoms with Gasteiger partial charge in [-0.15, -0.1) is 0 Å². The highest BCUT2D eigenvalue weighted by Crippen LogP contribution is 2.33. The Kier molecular flexibility index (Phi) is 7.04. The van der Waals surface area contributed by atoms with Gasteiger partial charge in [0.1, 0.15) is 22.8 Å². The molecule has 1 heterocycles. The number of nitrogens with one attached hydrogen (secondary N) is 2. The Morgan fingerprint density at radius 1 is 0.971 bits per heavy atom. The second-order valence-corrected chi connectivity index (χ2v) is 8.12. The van der Waals surface area contributed by atoms with E-state index in [1.54, 1.807) is 32.4 Å². The van der Waals surface area contributed by atoms with Crippen molar-refractivity contribution >= 4 is 23.5 Å². The minimum Gasteiger partial charge on any atom is -0.497 e. The van der Waals surface area contributed by atoms with Crippen LogP contribution in [0.2, 0.25) is 0 Å². The van der Waals surface area contributed by atoms with E-state index >= 15 is 0 Å². The Bertz CT molecular complexity index is 1180. The first kappa shape index (κ1) is 23.2. The van der Waals surface area contributed by atoms with Crippen molar-refractivity contribution in [2.45, 2.75) is 19.1 Å². The maximum atomic E-state index is 12.4. The van der Waals surface area contributed by atoms with E-state index in [-0.39, 0.29) is 6.03 Å². The lowest BCUT2D eigenvalue weighted by Crippen LogP contribution is -2.37. The molecule has 0 bridgehead atoms. The monoisotopic (exact) mass is 460 g/mol. The van der Waals surface area contributed by atoms with Crippen molar-refractivity contribution < 1.29 is 23.7 Å². The van der Waals surface area contributed by atoms with Crippen LogP contribution in [0.25, 0.3) is 6.08 Å². The van der Waals surface area contributed by atoms with Gasteiger partial charge < -0.3 is 29.6 Å². The summed E-state index contributed by atoms with van der Waals surface area (Å²) in [4.78, 5) is 12.4. The predicted molar refractivity (Wildman–Crippen MR) is 133 cm³/mol. The van der Waals surface area contributed by atoms with Crippen LogP contribution in [0.5, 0.6) is 17.2 Å². The minimum atomic E-state index is -0.588. The Balaban J connectivity index is 1.33. The molecule has 0 aliphatic carbocycles. The summed E-state index contributed by atoms with van der Waals surface area (Å²) in [5.41, 5.74) is 2.60. The van der Waals surface area contributed by atoms with Crippen LogP contribution in [0.3, 0.4) is 0 Å². The summed E-state index contributed by atoms with van der Waals surface area (Å²) in [5, 5.41) is 5.64. The van der Waals surface area contributed by atoms with Crippen LogP contribution in [0.15, 0.2) is 72.8 Å². The van der Waals surface area contributed by atoms with Crippen molar-refractivity contribution in [2.75, 3.05) is 31.5 Å². The molecule has 0 saturated heterocycles. The normalized spacial score (nSPS) is 16.2. The van der Waals surface area contributed by atoms with Gasteiger partial charge >= 0.3 is 6.03 Å². The van der Waals surface area contributed by atoms with Gasteiger partial charge in [0.25, 0.3) is 0 Å². The molecule has 0 fully saturated rings. The average Bonchev–Trinajstić information content (AvgIpc) is 2.85. The van der Waals surface area contributed by atoms with Crippen LogP contribution >= 0.6 is 0 Å². The fourth-order valence-electron chi connectivity index (χ4n) is 3.60. The van der Waals surface area contributed by atoms with E-state index in [1.807, 2.05) is 67.6 Å². The average molecular weight is 461 g/mol. The third-order valence-corrected chi connectivity index (χ3v) is 5.40. The van der Waals surface area contributed by atoms with Crippen LogP contribution in [-0.4, -0.2) is 32.5 Å². The number of fused-ring (bicyclic) bond motifs is 1. The zero-order chi connectivity index (χ0) is 24.0. The van der Waals surface area contributed by atoms with Crippen LogP contribution in [0, 0.1) is 0 Å². The highest BCUT2D eigenvalue weighted by molar-refractivity contribution is 6.00. The first-order valence-corrected chi connectivity index (χ1v) is 10.9.